The SMILES string of the molecule is [C-]#[N+]c1nc(N=Nc2c(C)nn(-c3cccc(F)c3)c2O)oc1[N+]#[C-]. The number of halogens is 1. The Balaban J connectivity index is 1.98. The molecule has 0 aliphatic heterocycles. The maximum absolute atomic E-state index is 13.3. The first-order valence-corrected chi connectivity index (χ1v) is 6.75. The third kappa shape index (κ3) is 2.92. The second kappa shape index (κ2) is 6.22. The molecule has 0 bridgehead atoms. The van der Waals surface area contributed by atoms with Gasteiger partial charge >= 0.3 is 17.7 Å². The highest BCUT2D eigenvalue weighted by Gasteiger charge is 2.18. The van der Waals surface area contributed by atoms with E-state index in [4.69, 9.17) is 17.6 Å². The fraction of sp³-hybridized carbons (Fsp3) is 0.0667. The first kappa shape index (κ1) is 15.8. The van der Waals surface area contributed by atoms with Gasteiger partial charge in [0.05, 0.1) is 18.0 Å². The summed E-state index contributed by atoms with van der Waals surface area (Å²) in [6, 6.07) is 5.21. The van der Waals surface area contributed by atoms with Gasteiger partial charge in [-0.3, -0.25) is 0 Å². The molecule has 122 valence electrons. The van der Waals surface area contributed by atoms with Crippen LogP contribution in [0.15, 0.2) is 38.9 Å². The van der Waals surface area contributed by atoms with Crippen molar-refractivity contribution in [1.29, 1.82) is 0 Å². The van der Waals surface area contributed by atoms with E-state index in [1.807, 2.05) is 0 Å². The van der Waals surface area contributed by atoms with Crippen LogP contribution in [0.2, 0.25) is 0 Å². The molecule has 0 saturated heterocycles. The van der Waals surface area contributed by atoms with E-state index in [0.29, 0.717) is 11.4 Å². The number of oxazole rings is 1. The number of benzene rings is 1. The largest absolute Gasteiger partial charge is 0.492 e. The molecule has 9 nitrogen and oxygen atoms in total. The molecule has 0 fully saturated rings. The van der Waals surface area contributed by atoms with Crippen molar-refractivity contribution in [3.8, 4) is 11.6 Å². The highest BCUT2D eigenvalue weighted by molar-refractivity contribution is 5.61. The Kier molecular flexibility index (Phi) is 3.94. The molecule has 2 aromatic heterocycles. The lowest BCUT2D eigenvalue weighted by Crippen LogP contribution is -1.96. The fourth-order valence-corrected chi connectivity index (χ4v) is 1.99. The predicted octanol–water partition coefficient (Wildman–Crippen LogP) is 4.53. The molecule has 0 aliphatic carbocycles. The summed E-state index contributed by atoms with van der Waals surface area (Å²) < 4.78 is 19.4. The normalized spacial score (nSPS) is 10.7. The molecular formula is C15H8FN7O2. The van der Waals surface area contributed by atoms with Crippen molar-refractivity contribution in [2.24, 2.45) is 10.2 Å². The Morgan fingerprint density at radius 1 is 1.28 bits per heavy atom. The van der Waals surface area contributed by atoms with E-state index in [2.05, 4.69) is 30.0 Å². The van der Waals surface area contributed by atoms with Gasteiger partial charge in [0.15, 0.2) is 5.69 Å². The molecule has 3 aromatic rings. The molecule has 0 radical (unpaired) electrons. The van der Waals surface area contributed by atoms with Crippen molar-refractivity contribution in [1.82, 2.24) is 14.8 Å². The highest BCUT2D eigenvalue weighted by Crippen LogP contribution is 2.36. The second-order valence-electron chi connectivity index (χ2n) is 4.70. The lowest BCUT2D eigenvalue weighted by molar-refractivity contribution is 0.434. The van der Waals surface area contributed by atoms with Gasteiger partial charge in [0, 0.05) is 0 Å². The number of azo groups is 1. The van der Waals surface area contributed by atoms with Crippen molar-refractivity contribution in [2.75, 3.05) is 0 Å². The van der Waals surface area contributed by atoms with Crippen molar-refractivity contribution in [2.45, 2.75) is 6.92 Å². The molecule has 0 spiro atoms. The standard InChI is InChI=1S/C15H8FN7O2/c1-8-11(20-21-15-19-12(17-2)13(18-3)25-15)14(24)23(22-8)10-6-4-5-9(16)7-10/h4-7,24H,1H3. The highest BCUT2D eigenvalue weighted by atomic mass is 19.1. The van der Waals surface area contributed by atoms with Crippen LogP contribution in [0.4, 0.5) is 27.8 Å². The fourth-order valence-electron chi connectivity index (χ4n) is 1.99. The van der Waals surface area contributed by atoms with Crippen LogP contribution < -0.4 is 0 Å². The lowest BCUT2D eigenvalue weighted by atomic mass is 10.3. The summed E-state index contributed by atoms with van der Waals surface area (Å²) in [5.74, 6) is -1.35. The third-order valence-corrected chi connectivity index (χ3v) is 3.08. The maximum atomic E-state index is 13.3. The topological polar surface area (TPSA) is 97.5 Å². The van der Waals surface area contributed by atoms with Gasteiger partial charge in [-0.15, -0.1) is 5.11 Å². The average Bonchev–Trinajstić information content (AvgIpc) is 3.13. The minimum Gasteiger partial charge on any atom is -0.492 e. The van der Waals surface area contributed by atoms with E-state index < -0.39 is 5.82 Å². The van der Waals surface area contributed by atoms with Gasteiger partial charge in [-0.1, -0.05) is 22.7 Å². The molecule has 25 heavy (non-hydrogen) atoms. The Morgan fingerprint density at radius 2 is 2.08 bits per heavy atom. The Hall–Kier alpha value is -4.05. The zero-order chi connectivity index (χ0) is 18.0. The van der Waals surface area contributed by atoms with Crippen LogP contribution in [0.3, 0.4) is 0 Å². The first-order chi connectivity index (χ1) is 12.0. The van der Waals surface area contributed by atoms with Gasteiger partial charge in [-0.2, -0.15) is 9.78 Å². The van der Waals surface area contributed by atoms with Crippen molar-refractivity contribution >= 4 is 23.4 Å². The Morgan fingerprint density at radius 3 is 2.72 bits per heavy atom. The van der Waals surface area contributed by atoms with E-state index >= 15 is 0 Å². The molecule has 0 unspecified atom stereocenters. The van der Waals surface area contributed by atoms with Crippen molar-refractivity contribution in [3.05, 3.63) is 58.6 Å². The van der Waals surface area contributed by atoms with E-state index in [0.717, 1.165) is 4.68 Å². The quantitative estimate of drug-likeness (QED) is 0.561. The van der Waals surface area contributed by atoms with E-state index in [1.165, 1.54) is 18.2 Å². The second-order valence-corrected chi connectivity index (χ2v) is 4.70. The smallest absolute Gasteiger partial charge is 0.425 e. The first-order valence-electron chi connectivity index (χ1n) is 6.75. The van der Waals surface area contributed by atoms with Crippen molar-refractivity contribution < 1.29 is 13.9 Å². The van der Waals surface area contributed by atoms with Crippen LogP contribution in [-0.4, -0.2) is 19.9 Å². The number of hydrogen-bond donors (Lipinski definition) is 1. The number of aromatic nitrogens is 3. The zero-order valence-electron chi connectivity index (χ0n) is 12.7. The Labute approximate surface area is 140 Å². The molecule has 3 rings (SSSR count). The van der Waals surface area contributed by atoms with Gasteiger partial charge in [0.25, 0.3) is 0 Å². The van der Waals surface area contributed by atoms with Crippen LogP contribution in [-0.2, 0) is 0 Å². The maximum Gasteiger partial charge on any atom is 0.425 e. The average molecular weight is 337 g/mol. The molecule has 0 aliphatic rings. The van der Waals surface area contributed by atoms with E-state index in [1.54, 1.807) is 13.0 Å². The molecule has 0 amide bonds. The molecule has 1 aromatic carbocycles. The molecule has 0 saturated carbocycles. The Bertz CT molecular complexity index is 1040. The summed E-state index contributed by atoms with van der Waals surface area (Å²) in [6.45, 7) is 15.3. The van der Waals surface area contributed by atoms with Gasteiger partial charge < -0.3 is 14.4 Å². The summed E-state index contributed by atoms with van der Waals surface area (Å²) in [7, 11) is 0. The summed E-state index contributed by atoms with van der Waals surface area (Å²) in [5.41, 5.74) is 0.660. The van der Waals surface area contributed by atoms with Gasteiger partial charge in [-0.25, -0.2) is 9.24 Å². The number of hydrogen-bond acceptors (Lipinski definition) is 6. The number of aromatic hydroxyl groups is 1. The molecule has 1 N–H and O–H groups in total. The third-order valence-electron chi connectivity index (χ3n) is 3.08. The minimum atomic E-state index is -0.480. The minimum absolute atomic E-state index is 0.0242. The van der Waals surface area contributed by atoms with Gasteiger partial charge in [0.1, 0.15) is 5.82 Å². The lowest BCUT2D eigenvalue weighted by Gasteiger charge is -2.02. The van der Waals surface area contributed by atoms with E-state index in [-0.39, 0.29) is 29.3 Å². The summed E-state index contributed by atoms with van der Waals surface area (Å²) >= 11 is 0. The monoisotopic (exact) mass is 337 g/mol. The van der Waals surface area contributed by atoms with Gasteiger partial charge in [0.2, 0.25) is 5.88 Å². The molecule has 10 heteroatoms. The van der Waals surface area contributed by atoms with Crippen LogP contribution in [0.25, 0.3) is 15.4 Å². The summed E-state index contributed by atoms with van der Waals surface area (Å²) in [4.78, 5) is 9.74. The van der Waals surface area contributed by atoms with Gasteiger partial charge in [-0.05, 0) is 25.1 Å². The van der Waals surface area contributed by atoms with E-state index in [9.17, 15) is 9.50 Å². The van der Waals surface area contributed by atoms with Crippen molar-refractivity contribution in [3.63, 3.8) is 0 Å². The summed E-state index contributed by atoms with van der Waals surface area (Å²) in [6.07, 6.45) is 0. The zero-order valence-corrected chi connectivity index (χ0v) is 12.7. The number of rotatable bonds is 3. The summed E-state index contributed by atoms with van der Waals surface area (Å²) in [5, 5.41) is 21.8. The van der Waals surface area contributed by atoms with Crippen LogP contribution in [0.5, 0.6) is 5.88 Å². The molecule has 2 heterocycles. The predicted molar refractivity (Wildman–Crippen MR) is 83.1 cm³/mol. The number of nitrogens with zero attached hydrogens (tertiary/aromatic N) is 7. The van der Waals surface area contributed by atoms with Crippen LogP contribution >= 0.6 is 0 Å². The molecular weight excluding hydrogens is 329 g/mol. The molecule has 0 atom stereocenters. The van der Waals surface area contributed by atoms with Crippen LogP contribution in [0.1, 0.15) is 5.69 Å². The van der Waals surface area contributed by atoms with Crippen LogP contribution in [0, 0.1) is 25.9 Å². The number of aryl methyl sites for hydroxylation is 1.